The minimum absolute atomic E-state index is 0. The van der Waals surface area contributed by atoms with Crippen LogP contribution in [-0.2, 0) is 9.59 Å². The van der Waals surface area contributed by atoms with E-state index in [1.54, 1.807) is 12.1 Å². The Morgan fingerprint density at radius 1 is 1.20 bits per heavy atom. The van der Waals surface area contributed by atoms with E-state index in [2.05, 4.69) is 10.6 Å². The summed E-state index contributed by atoms with van der Waals surface area (Å²) in [5.41, 5.74) is 7.02. The van der Waals surface area contributed by atoms with Gasteiger partial charge in [-0.2, -0.15) is 0 Å². The molecule has 4 N–H and O–H groups in total. The van der Waals surface area contributed by atoms with Gasteiger partial charge in [-0.1, -0.05) is 26.8 Å². The van der Waals surface area contributed by atoms with Crippen LogP contribution in [0.3, 0.4) is 0 Å². The Kier molecular flexibility index (Phi) is 6.68. The van der Waals surface area contributed by atoms with E-state index in [0.29, 0.717) is 11.4 Å². The van der Waals surface area contributed by atoms with Crippen molar-refractivity contribution in [3.8, 4) is 0 Å². The van der Waals surface area contributed by atoms with Gasteiger partial charge in [0.15, 0.2) is 0 Å². The molecule has 0 aliphatic carbocycles. The molecule has 0 radical (unpaired) electrons. The number of amides is 2. The van der Waals surface area contributed by atoms with E-state index >= 15 is 0 Å². The smallest absolute Gasteiger partial charge is 0.238 e. The van der Waals surface area contributed by atoms with Gasteiger partial charge < -0.3 is 16.4 Å². The molecule has 0 atom stereocenters. The van der Waals surface area contributed by atoms with E-state index in [0.717, 1.165) is 5.56 Å². The van der Waals surface area contributed by atoms with Gasteiger partial charge >= 0.3 is 0 Å². The molecule has 2 amide bonds. The van der Waals surface area contributed by atoms with Crippen LogP contribution in [0.15, 0.2) is 18.2 Å². The van der Waals surface area contributed by atoms with Crippen LogP contribution in [0, 0.1) is 12.3 Å². The second-order valence-corrected chi connectivity index (χ2v) is 5.49. The van der Waals surface area contributed by atoms with Crippen LogP contribution >= 0.6 is 12.4 Å². The lowest BCUT2D eigenvalue weighted by Crippen LogP contribution is -2.27. The molecular weight excluding hydrogens is 278 g/mol. The molecule has 5 nitrogen and oxygen atoms in total. The van der Waals surface area contributed by atoms with Crippen molar-refractivity contribution in [2.75, 3.05) is 17.2 Å². The maximum atomic E-state index is 11.9. The molecule has 112 valence electrons. The second kappa shape index (κ2) is 7.26. The average molecular weight is 300 g/mol. The van der Waals surface area contributed by atoms with E-state index in [4.69, 9.17) is 5.73 Å². The fourth-order valence-corrected chi connectivity index (χ4v) is 1.35. The Morgan fingerprint density at radius 2 is 1.80 bits per heavy atom. The zero-order chi connectivity index (χ0) is 14.6. The first kappa shape index (κ1) is 18.4. The van der Waals surface area contributed by atoms with Gasteiger partial charge in [-0.05, 0) is 24.6 Å². The summed E-state index contributed by atoms with van der Waals surface area (Å²) in [6, 6.07) is 5.37. The van der Waals surface area contributed by atoms with E-state index in [1.165, 1.54) is 0 Å². The number of aryl methyl sites for hydroxylation is 1. The maximum absolute atomic E-state index is 11.9. The van der Waals surface area contributed by atoms with Crippen molar-refractivity contribution in [2.45, 2.75) is 27.7 Å². The molecular formula is C14H22ClN3O2. The van der Waals surface area contributed by atoms with Crippen LogP contribution in [0.4, 0.5) is 11.4 Å². The molecule has 0 spiro atoms. The standard InChI is InChI=1S/C14H21N3O2.ClH/c1-9-5-6-10(16-13(19)14(2,3)4)7-11(9)17-12(18)8-15;/h5-7H,8,15H2,1-4H3,(H,16,19)(H,17,18);1H. The van der Waals surface area contributed by atoms with Crippen LogP contribution in [0.2, 0.25) is 0 Å². The van der Waals surface area contributed by atoms with Gasteiger partial charge in [0.2, 0.25) is 11.8 Å². The summed E-state index contributed by atoms with van der Waals surface area (Å²) in [6.45, 7) is 7.33. The molecule has 0 aliphatic heterocycles. The normalized spacial score (nSPS) is 10.4. The number of anilines is 2. The van der Waals surface area contributed by atoms with Crippen LogP contribution in [0.5, 0.6) is 0 Å². The summed E-state index contributed by atoms with van der Waals surface area (Å²) in [5, 5.41) is 5.52. The van der Waals surface area contributed by atoms with Crippen molar-refractivity contribution in [1.82, 2.24) is 0 Å². The number of halogens is 1. The Morgan fingerprint density at radius 3 is 2.30 bits per heavy atom. The number of rotatable bonds is 3. The maximum Gasteiger partial charge on any atom is 0.238 e. The fourth-order valence-electron chi connectivity index (χ4n) is 1.35. The highest BCUT2D eigenvalue weighted by molar-refractivity contribution is 5.97. The van der Waals surface area contributed by atoms with Gasteiger partial charge in [-0.15, -0.1) is 12.4 Å². The minimum atomic E-state index is -0.467. The van der Waals surface area contributed by atoms with Crippen molar-refractivity contribution < 1.29 is 9.59 Å². The molecule has 0 bridgehead atoms. The topological polar surface area (TPSA) is 84.2 Å². The Balaban J connectivity index is 0.00000361. The van der Waals surface area contributed by atoms with Crippen molar-refractivity contribution >= 4 is 35.6 Å². The monoisotopic (exact) mass is 299 g/mol. The number of nitrogens with two attached hydrogens (primary N) is 1. The predicted octanol–water partition coefficient (Wildman–Crippen LogP) is 2.30. The minimum Gasteiger partial charge on any atom is -0.326 e. The molecule has 20 heavy (non-hydrogen) atoms. The van der Waals surface area contributed by atoms with E-state index in [1.807, 2.05) is 33.8 Å². The molecule has 1 aromatic carbocycles. The van der Waals surface area contributed by atoms with Crippen molar-refractivity contribution in [3.05, 3.63) is 23.8 Å². The first-order valence-electron chi connectivity index (χ1n) is 6.16. The summed E-state index contributed by atoms with van der Waals surface area (Å²) in [5.74, 6) is -0.338. The average Bonchev–Trinajstić information content (AvgIpc) is 2.32. The highest BCUT2D eigenvalue weighted by Crippen LogP contribution is 2.22. The summed E-state index contributed by atoms with van der Waals surface area (Å²) >= 11 is 0. The van der Waals surface area contributed by atoms with Crippen LogP contribution in [0.25, 0.3) is 0 Å². The van der Waals surface area contributed by atoms with Crippen molar-refractivity contribution in [3.63, 3.8) is 0 Å². The van der Waals surface area contributed by atoms with Gasteiger partial charge in [-0.3, -0.25) is 9.59 Å². The Hall–Kier alpha value is -1.59. The molecule has 0 saturated carbocycles. The van der Waals surface area contributed by atoms with Crippen LogP contribution < -0.4 is 16.4 Å². The van der Waals surface area contributed by atoms with Gasteiger partial charge in [0.1, 0.15) is 0 Å². The SMILES string of the molecule is Cc1ccc(NC(=O)C(C)(C)C)cc1NC(=O)CN.Cl. The molecule has 1 rings (SSSR count). The summed E-state index contributed by atoms with van der Waals surface area (Å²) in [6.07, 6.45) is 0. The number of carbonyl (C=O) groups is 2. The van der Waals surface area contributed by atoms with Crippen molar-refractivity contribution in [1.29, 1.82) is 0 Å². The van der Waals surface area contributed by atoms with E-state index < -0.39 is 5.41 Å². The van der Waals surface area contributed by atoms with E-state index in [-0.39, 0.29) is 30.8 Å². The van der Waals surface area contributed by atoms with Gasteiger partial charge in [0, 0.05) is 16.8 Å². The first-order valence-corrected chi connectivity index (χ1v) is 6.16. The third-order valence-corrected chi connectivity index (χ3v) is 2.64. The van der Waals surface area contributed by atoms with Crippen molar-refractivity contribution in [2.24, 2.45) is 11.1 Å². The lowest BCUT2D eigenvalue weighted by molar-refractivity contribution is -0.123. The highest BCUT2D eigenvalue weighted by atomic mass is 35.5. The molecule has 0 fully saturated rings. The zero-order valence-electron chi connectivity index (χ0n) is 12.2. The van der Waals surface area contributed by atoms with Crippen LogP contribution in [0.1, 0.15) is 26.3 Å². The molecule has 0 aliphatic rings. The van der Waals surface area contributed by atoms with Gasteiger partial charge in [0.05, 0.1) is 6.54 Å². The number of hydrogen-bond donors (Lipinski definition) is 3. The predicted molar refractivity (Wildman–Crippen MR) is 84.2 cm³/mol. The molecule has 1 aromatic rings. The second-order valence-electron chi connectivity index (χ2n) is 5.49. The molecule has 6 heteroatoms. The lowest BCUT2D eigenvalue weighted by Gasteiger charge is -2.18. The molecule has 0 unspecified atom stereocenters. The fraction of sp³-hybridized carbons (Fsp3) is 0.429. The highest BCUT2D eigenvalue weighted by Gasteiger charge is 2.21. The van der Waals surface area contributed by atoms with Gasteiger partial charge in [-0.25, -0.2) is 0 Å². The summed E-state index contributed by atoms with van der Waals surface area (Å²) in [4.78, 5) is 23.2. The third kappa shape index (κ3) is 5.19. The van der Waals surface area contributed by atoms with E-state index in [9.17, 15) is 9.59 Å². The number of benzene rings is 1. The number of hydrogen-bond acceptors (Lipinski definition) is 3. The molecule has 0 saturated heterocycles. The quantitative estimate of drug-likeness (QED) is 0.800. The first-order chi connectivity index (χ1) is 8.74. The molecule has 0 heterocycles. The lowest BCUT2D eigenvalue weighted by atomic mass is 9.95. The molecule has 0 aromatic heterocycles. The summed E-state index contributed by atoms with van der Waals surface area (Å²) < 4.78 is 0. The Bertz CT molecular complexity index is 496. The zero-order valence-corrected chi connectivity index (χ0v) is 13.1. The van der Waals surface area contributed by atoms with Gasteiger partial charge in [0.25, 0.3) is 0 Å². The summed E-state index contributed by atoms with van der Waals surface area (Å²) in [7, 11) is 0. The van der Waals surface area contributed by atoms with Crippen LogP contribution in [-0.4, -0.2) is 18.4 Å². The largest absolute Gasteiger partial charge is 0.326 e. The third-order valence-electron chi connectivity index (χ3n) is 2.64. The number of nitrogens with one attached hydrogen (secondary N) is 2. The Labute approximate surface area is 125 Å². The number of carbonyl (C=O) groups excluding carboxylic acids is 2.